The number of carbonyl (C=O) groups is 2. The zero-order valence-corrected chi connectivity index (χ0v) is 18.8. The Hall–Kier alpha value is -4.27. The molecule has 0 bridgehead atoms. The van der Waals surface area contributed by atoms with Crippen molar-refractivity contribution in [3.63, 3.8) is 0 Å². The van der Waals surface area contributed by atoms with Crippen molar-refractivity contribution in [3.8, 4) is 5.69 Å². The summed E-state index contributed by atoms with van der Waals surface area (Å²) in [5, 5.41) is 12.5. The molecular formula is C25H23N5O4. The number of carbonyl (C=O) groups excluding carboxylic acids is 2. The van der Waals surface area contributed by atoms with E-state index in [1.54, 1.807) is 35.1 Å². The first-order valence-corrected chi connectivity index (χ1v) is 11.0. The van der Waals surface area contributed by atoms with Crippen LogP contribution in [-0.4, -0.2) is 38.5 Å². The average molecular weight is 457 g/mol. The quantitative estimate of drug-likeness (QED) is 0.446. The molecule has 34 heavy (non-hydrogen) atoms. The molecule has 1 fully saturated rings. The van der Waals surface area contributed by atoms with Crippen LogP contribution in [0.5, 0.6) is 0 Å². The maximum Gasteiger partial charge on any atom is 0.337 e. The number of ether oxygens (including phenoxy) is 1. The Morgan fingerprint density at radius 3 is 2.53 bits per heavy atom. The minimum atomic E-state index is -0.459. The number of aryl methyl sites for hydroxylation is 1. The Balaban J connectivity index is 1.49. The summed E-state index contributed by atoms with van der Waals surface area (Å²) >= 11 is 0. The maximum atomic E-state index is 13.4. The van der Waals surface area contributed by atoms with Crippen LogP contribution in [0.3, 0.4) is 0 Å². The lowest BCUT2D eigenvalue weighted by atomic mass is 10.2. The fourth-order valence-corrected chi connectivity index (χ4v) is 3.99. The highest BCUT2D eigenvalue weighted by Crippen LogP contribution is 2.41. The van der Waals surface area contributed by atoms with Gasteiger partial charge in [-0.3, -0.25) is 9.59 Å². The van der Waals surface area contributed by atoms with Gasteiger partial charge in [0.1, 0.15) is 12.1 Å². The van der Waals surface area contributed by atoms with Crippen LogP contribution >= 0.6 is 0 Å². The summed E-state index contributed by atoms with van der Waals surface area (Å²) in [5.74, 6) is -0.596. The average Bonchev–Trinajstić information content (AvgIpc) is 3.59. The molecule has 9 nitrogen and oxygen atoms in total. The van der Waals surface area contributed by atoms with Crippen LogP contribution in [0.1, 0.15) is 40.4 Å². The first-order valence-electron chi connectivity index (χ1n) is 11.0. The fourth-order valence-electron chi connectivity index (χ4n) is 3.99. The third-order valence-corrected chi connectivity index (χ3v) is 5.90. The topological polar surface area (TPSA) is 108 Å². The van der Waals surface area contributed by atoms with Crippen LogP contribution in [-0.2, 0) is 16.1 Å². The highest BCUT2D eigenvalue weighted by molar-refractivity contribution is 5.93. The van der Waals surface area contributed by atoms with Crippen molar-refractivity contribution < 1.29 is 14.3 Å². The maximum absolute atomic E-state index is 13.4. The molecule has 9 heteroatoms. The van der Waals surface area contributed by atoms with Gasteiger partial charge >= 0.3 is 5.97 Å². The predicted octanol–water partition coefficient (Wildman–Crippen LogP) is 3.19. The third kappa shape index (κ3) is 3.96. The molecule has 0 spiro atoms. The lowest BCUT2D eigenvalue weighted by molar-refractivity contribution is -0.117. The second-order valence-electron chi connectivity index (χ2n) is 8.34. The zero-order chi connectivity index (χ0) is 23.8. The predicted molar refractivity (Wildman–Crippen MR) is 126 cm³/mol. The Morgan fingerprint density at radius 2 is 1.85 bits per heavy atom. The molecule has 5 rings (SSSR count). The summed E-state index contributed by atoms with van der Waals surface area (Å²) < 4.78 is 7.53. The monoisotopic (exact) mass is 457 g/mol. The number of nitrogens with zero attached hydrogens (tertiary/aromatic N) is 4. The van der Waals surface area contributed by atoms with E-state index < -0.39 is 11.9 Å². The number of hydrogen-bond acceptors (Lipinski definition) is 6. The molecule has 1 amide bonds. The van der Waals surface area contributed by atoms with Crippen molar-refractivity contribution in [2.24, 2.45) is 0 Å². The molecule has 0 radical (unpaired) electrons. The molecule has 2 heterocycles. The molecule has 1 N–H and O–H groups in total. The number of esters is 1. The number of fused-ring (bicyclic) bond motifs is 1. The van der Waals surface area contributed by atoms with E-state index >= 15 is 0 Å². The molecule has 0 atom stereocenters. The van der Waals surface area contributed by atoms with Gasteiger partial charge in [-0.25, -0.2) is 14.2 Å². The van der Waals surface area contributed by atoms with E-state index in [2.05, 4.69) is 20.3 Å². The van der Waals surface area contributed by atoms with Gasteiger partial charge in [-0.15, -0.1) is 0 Å². The van der Waals surface area contributed by atoms with Gasteiger partial charge in [-0.05, 0) is 55.7 Å². The minimum absolute atomic E-state index is 0.244. The third-order valence-electron chi connectivity index (χ3n) is 5.90. The standard InChI is InChI=1S/C25H23N5O4/c1-15-5-3-4-6-20(15)30-23-19(13-26-30)22(16-7-8-16)28-29(24(23)32)14-21(31)27-18-11-9-17(10-12-18)25(33)34-2/h3-6,9-13,16H,7-8,14H2,1-2H3,(H,27,31). The summed E-state index contributed by atoms with van der Waals surface area (Å²) in [7, 11) is 1.31. The van der Waals surface area contributed by atoms with Gasteiger partial charge in [0, 0.05) is 17.0 Å². The number of para-hydroxylation sites is 1. The van der Waals surface area contributed by atoms with Crippen molar-refractivity contribution in [3.05, 3.63) is 81.9 Å². The number of hydrogen-bond donors (Lipinski definition) is 1. The van der Waals surface area contributed by atoms with Crippen LogP contribution in [0.25, 0.3) is 16.6 Å². The van der Waals surface area contributed by atoms with Gasteiger partial charge in [-0.2, -0.15) is 10.2 Å². The second kappa shape index (κ2) is 8.58. The number of nitrogens with one attached hydrogen (secondary N) is 1. The second-order valence-corrected chi connectivity index (χ2v) is 8.34. The number of aromatic nitrogens is 4. The SMILES string of the molecule is COC(=O)c1ccc(NC(=O)Cn2nc(C3CC3)c3cnn(-c4ccccc4C)c3c2=O)cc1. The van der Waals surface area contributed by atoms with Crippen LogP contribution in [0, 0.1) is 6.92 Å². The van der Waals surface area contributed by atoms with Gasteiger partial charge < -0.3 is 10.1 Å². The number of amides is 1. The van der Waals surface area contributed by atoms with Crippen molar-refractivity contribution in [2.45, 2.75) is 32.2 Å². The number of rotatable bonds is 6. The summed E-state index contributed by atoms with van der Waals surface area (Å²) in [6, 6.07) is 14.0. The molecule has 2 aromatic heterocycles. The van der Waals surface area contributed by atoms with E-state index in [1.807, 2.05) is 31.2 Å². The van der Waals surface area contributed by atoms with Crippen molar-refractivity contribution in [1.29, 1.82) is 0 Å². The molecule has 1 aliphatic carbocycles. The first kappa shape index (κ1) is 21.6. The van der Waals surface area contributed by atoms with Crippen LogP contribution in [0.2, 0.25) is 0 Å². The Bertz CT molecular complexity index is 1470. The van der Waals surface area contributed by atoms with Crippen molar-refractivity contribution in [1.82, 2.24) is 19.6 Å². The van der Waals surface area contributed by atoms with Gasteiger partial charge in [-0.1, -0.05) is 18.2 Å². The minimum Gasteiger partial charge on any atom is -0.465 e. The highest BCUT2D eigenvalue weighted by atomic mass is 16.5. The molecule has 0 unspecified atom stereocenters. The van der Waals surface area contributed by atoms with E-state index in [1.165, 1.54) is 11.8 Å². The molecular weight excluding hydrogens is 434 g/mol. The van der Waals surface area contributed by atoms with Gasteiger partial charge in [0.15, 0.2) is 0 Å². The van der Waals surface area contributed by atoms with E-state index in [9.17, 15) is 14.4 Å². The molecule has 0 saturated heterocycles. The molecule has 4 aromatic rings. The summed E-state index contributed by atoms with van der Waals surface area (Å²) in [6.07, 6.45) is 3.68. The fraction of sp³-hybridized carbons (Fsp3) is 0.240. The summed E-state index contributed by atoms with van der Waals surface area (Å²) in [6.45, 7) is 1.72. The van der Waals surface area contributed by atoms with E-state index in [0.717, 1.165) is 35.2 Å². The summed E-state index contributed by atoms with van der Waals surface area (Å²) in [4.78, 5) is 37.8. The highest BCUT2D eigenvalue weighted by Gasteiger charge is 2.30. The van der Waals surface area contributed by atoms with Crippen molar-refractivity contribution in [2.75, 3.05) is 12.4 Å². The van der Waals surface area contributed by atoms with E-state index in [4.69, 9.17) is 0 Å². The Labute approximate surface area is 195 Å². The number of anilines is 1. The normalized spacial score (nSPS) is 13.1. The largest absolute Gasteiger partial charge is 0.465 e. The van der Waals surface area contributed by atoms with Gasteiger partial charge in [0.25, 0.3) is 5.56 Å². The smallest absolute Gasteiger partial charge is 0.337 e. The molecule has 172 valence electrons. The van der Waals surface area contributed by atoms with Gasteiger partial charge in [0.2, 0.25) is 5.91 Å². The Morgan fingerprint density at radius 1 is 1.12 bits per heavy atom. The van der Waals surface area contributed by atoms with E-state index in [-0.39, 0.29) is 18.0 Å². The molecule has 1 saturated carbocycles. The van der Waals surface area contributed by atoms with Crippen LogP contribution < -0.4 is 10.9 Å². The van der Waals surface area contributed by atoms with E-state index in [0.29, 0.717) is 16.8 Å². The van der Waals surface area contributed by atoms with Gasteiger partial charge in [0.05, 0.1) is 30.3 Å². The molecule has 1 aliphatic rings. The van der Waals surface area contributed by atoms with Crippen LogP contribution in [0.4, 0.5) is 5.69 Å². The summed E-state index contributed by atoms with van der Waals surface area (Å²) in [5.41, 5.74) is 3.50. The van der Waals surface area contributed by atoms with Crippen molar-refractivity contribution >= 4 is 28.5 Å². The lowest BCUT2D eigenvalue weighted by Gasteiger charge is -2.11. The number of benzene rings is 2. The molecule has 2 aromatic carbocycles. The Kier molecular flexibility index (Phi) is 5.45. The first-order chi connectivity index (χ1) is 16.5. The zero-order valence-electron chi connectivity index (χ0n) is 18.8. The van der Waals surface area contributed by atoms with Crippen LogP contribution in [0.15, 0.2) is 59.5 Å². The lowest BCUT2D eigenvalue weighted by Crippen LogP contribution is -2.31. The number of methoxy groups -OCH3 is 1. The molecule has 0 aliphatic heterocycles.